The van der Waals surface area contributed by atoms with Crippen molar-refractivity contribution in [3.05, 3.63) is 173 Å². The van der Waals surface area contributed by atoms with Crippen molar-refractivity contribution in [3.8, 4) is 39.1 Å². The molecule has 66 heavy (non-hydrogen) atoms. The summed E-state index contributed by atoms with van der Waals surface area (Å²) < 4.78 is 9.38. The number of benzene rings is 8. The fourth-order valence-electron chi connectivity index (χ4n) is 13.0. The van der Waals surface area contributed by atoms with E-state index in [9.17, 15) is 0 Å². The summed E-state index contributed by atoms with van der Waals surface area (Å²) in [5.74, 6) is 0. The molecule has 3 nitrogen and oxygen atoms in total. The first-order valence-corrected chi connectivity index (χ1v) is 24.0. The minimum absolute atomic E-state index is 0.0255. The summed E-state index contributed by atoms with van der Waals surface area (Å²) in [6.07, 6.45) is 0. The third-order valence-electron chi connectivity index (χ3n) is 16.5. The van der Waals surface area contributed by atoms with Crippen molar-refractivity contribution in [2.75, 3.05) is 4.81 Å². The Hall–Kier alpha value is -6.78. The molecule has 2 aromatic heterocycles. The van der Waals surface area contributed by atoms with Gasteiger partial charge in [-0.25, -0.2) is 0 Å². The molecule has 0 spiro atoms. The molecule has 14 rings (SSSR count). The van der Waals surface area contributed by atoms with Crippen molar-refractivity contribution in [1.29, 1.82) is 0 Å². The molecule has 10 aromatic rings. The van der Waals surface area contributed by atoms with Crippen molar-refractivity contribution in [2.45, 2.75) is 90.9 Å². The van der Waals surface area contributed by atoms with Gasteiger partial charge in [-0.15, -0.1) is 0 Å². The van der Waals surface area contributed by atoms with Crippen LogP contribution in [0.1, 0.15) is 103 Å². The Labute approximate surface area is 387 Å². The number of hydrogen-bond acceptors (Lipinski definition) is 2. The van der Waals surface area contributed by atoms with Gasteiger partial charge in [0.1, 0.15) is 11.2 Å². The first-order valence-electron chi connectivity index (χ1n) is 24.0. The van der Waals surface area contributed by atoms with Gasteiger partial charge >= 0.3 is 6.85 Å². The molecule has 320 valence electrons. The highest BCUT2D eigenvalue weighted by Crippen LogP contribution is 2.57. The average Bonchev–Trinajstić information content (AvgIpc) is 3.97. The molecule has 0 amide bonds. The Kier molecular flexibility index (Phi) is 7.09. The number of furan rings is 1. The number of anilines is 2. The van der Waals surface area contributed by atoms with Crippen molar-refractivity contribution >= 4 is 72.9 Å². The van der Waals surface area contributed by atoms with Gasteiger partial charge in [0.2, 0.25) is 0 Å². The van der Waals surface area contributed by atoms with Gasteiger partial charge in [-0.3, -0.25) is 0 Å². The van der Waals surface area contributed by atoms with Crippen molar-refractivity contribution in [2.24, 2.45) is 0 Å². The Bertz CT molecular complexity index is 3840. The van der Waals surface area contributed by atoms with E-state index in [0.717, 1.165) is 21.9 Å². The van der Waals surface area contributed by atoms with Crippen LogP contribution in [-0.4, -0.2) is 11.4 Å². The van der Waals surface area contributed by atoms with E-state index in [1.165, 1.54) is 117 Å². The zero-order valence-electron chi connectivity index (χ0n) is 39.7. The first kappa shape index (κ1) is 38.5. The third-order valence-corrected chi connectivity index (χ3v) is 16.5. The standard InChI is InChI=1S/C62H53BN2O/c1-59(2,3)34-19-22-36(23-20-34)65-51-32-42-41-29-35(60(4,5)6)21-26-46(41)62(9,10)48(42)30-43(51)38-24-25-40-56-50(28-27-47-55(56)39-16-11-13-17-45(39)61(47,7)8)64-52-33-54-44(37-15-12-14-18-53(37)66-54)31-49(52)63(65)57(38)58(40)64/h11-33H,1-10H3. The van der Waals surface area contributed by atoms with Crippen LogP contribution in [0.25, 0.3) is 82.8 Å². The lowest BCUT2D eigenvalue weighted by Gasteiger charge is -2.42. The molecule has 0 fully saturated rings. The van der Waals surface area contributed by atoms with E-state index < -0.39 is 0 Å². The smallest absolute Gasteiger partial charge is 0.333 e. The predicted molar refractivity (Wildman–Crippen MR) is 280 cm³/mol. The van der Waals surface area contributed by atoms with E-state index in [1.807, 2.05) is 0 Å². The largest absolute Gasteiger partial charge is 0.456 e. The van der Waals surface area contributed by atoms with Crippen molar-refractivity contribution in [1.82, 2.24) is 4.57 Å². The number of rotatable bonds is 1. The third kappa shape index (κ3) is 4.70. The summed E-state index contributed by atoms with van der Waals surface area (Å²) in [6, 6.07) is 54.2. The predicted octanol–water partition coefficient (Wildman–Crippen LogP) is 15.1. The second-order valence-electron chi connectivity index (χ2n) is 22.9. The lowest BCUT2D eigenvalue weighted by Crippen LogP contribution is -2.60. The van der Waals surface area contributed by atoms with E-state index in [4.69, 9.17) is 4.42 Å². The molecule has 2 aliphatic carbocycles. The van der Waals surface area contributed by atoms with Crippen LogP contribution in [0.4, 0.5) is 11.4 Å². The molecule has 4 aliphatic rings. The van der Waals surface area contributed by atoms with Crippen LogP contribution in [0, 0.1) is 0 Å². The molecule has 0 saturated heterocycles. The van der Waals surface area contributed by atoms with Gasteiger partial charge in [0.15, 0.2) is 0 Å². The fourth-order valence-corrected chi connectivity index (χ4v) is 13.0. The molecular weight excluding hydrogens is 800 g/mol. The quantitative estimate of drug-likeness (QED) is 0.153. The van der Waals surface area contributed by atoms with Crippen LogP contribution in [0.2, 0.25) is 0 Å². The lowest BCUT2D eigenvalue weighted by molar-refractivity contribution is 0.589. The second kappa shape index (κ2) is 12.2. The minimum atomic E-state index is -0.163. The van der Waals surface area contributed by atoms with Gasteiger partial charge in [0.25, 0.3) is 0 Å². The van der Waals surface area contributed by atoms with Gasteiger partial charge in [0, 0.05) is 61.1 Å². The molecule has 0 N–H and O–H groups in total. The van der Waals surface area contributed by atoms with Crippen LogP contribution in [0.15, 0.2) is 144 Å². The maximum atomic E-state index is 6.77. The Morgan fingerprint density at radius 2 is 1.17 bits per heavy atom. The maximum absolute atomic E-state index is 6.77. The normalized spacial score (nSPS) is 15.9. The molecule has 0 saturated carbocycles. The average molecular weight is 853 g/mol. The topological polar surface area (TPSA) is 21.3 Å². The van der Waals surface area contributed by atoms with Gasteiger partial charge < -0.3 is 13.8 Å². The molecule has 0 unspecified atom stereocenters. The van der Waals surface area contributed by atoms with Gasteiger partial charge in [-0.1, -0.05) is 166 Å². The first-order chi connectivity index (χ1) is 31.5. The Morgan fingerprint density at radius 1 is 0.485 bits per heavy atom. The summed E-state index contributed by atoms with van der Waals surface area (Å²) in [7, 11) is 0. The van der Waals surface area contributed by atoms with E-state index in [2.05, 4.69) is 218 Å². The molecule has 0 atom stereocenters. The molecular formula is C62H53BN2O. The second-order valence-corrected chi connectivity index (χ2v) is 22.9. The fraction of sp³-hybridized carbons (Fsp3) is 0.226. The van der Waals surface area contributed by atoms with Crippen LogP contribution in [-0.2, 0) is 21.7 Å². The van der Waals surface area contributed by atoms with Crippen LogP contribution in [0.5, 0.6) is 0 Å². The van der Waals surface area contributed by atoms with Crippen molar-refractivity contribution < 1.29 is 4.42 Å². The molecule has 4 heteroatoms. The Balaban J connectivity index is 1.15. The highest BCUT2D eigenvalue weighted by molar-refractivity contribution is 6.94. The summed E-state index contributed by atoms with van der Waals surface area (Å²) in [6.45, 7) is 23.5. The van der Waals surface area contributed by atoms with E-state index in [-0.39, 0.29) is 28.5 Å². The lowest BCUT2D eigenvalue weighted by atomic mass is 9.44. The van der Waals surface area contributed by atoms with Gasteiger partial charge in [-0.2, -0.15) is 0 Å². The maximum Gasteiger partial charge on any atom is 0.333 e. The minimum Gasteiger partial charge on any atom is -0.456 e. The SMILES string of the molecule is CC(C)(C)c1ccc(N2B3c4cc5c(cc4-n4c6ccc7c(c6c6ccc(c3c64)-c3cc4c(cc32)-c2cc(C(C)(C)C)ccc2C4(C)C)-c2ccccc2C7(C)C)oc2ccccc25)cc1. The zero-order chi connectivity index (χ0) is 45.1. The molecule has 4 heterocycles. The van der Waals surface area contributed by atoms with Crippen molar-refractivity contribution in [3.63, 3.8) is 0 Å². The molecule has 2 aliphatic heterocycles. The summed E-state index contributed by atoms with van der Waals surface area (Å²) >= 11 is 0. The highest BCUT2D eigenvalue weighted by Gasteiger charge is 2.47. The molecule has 8 aromatic carbocycles. The van der Waals surface area contributed by atoms with Crippen LogP contribution >= 0.6 is 0 Å². The van der Waals surface area contributed by atoms with Crippen LogP contribution in [0.3, 0.4) is 0 Å². The number of aromatic nitrogens is 1. The summed E-state index contributed by atoms with van der Waals surface area (Å²) in [4.78, 5) is 2.71. The molecule has 0 bridgehead atoms. The monoisotopic (exact) mass is 852 g/mol. The number of hydrogen-bond donors (Lipinski definition) is 0. The zero-order valence-corrected chi connectivity index (χ0v) is 39.7. The number of nitrogens with zero attached hydrogens (tertiary/aromatic N) is 2. The number of para-hydroxylation sites is 1. The van der Waals surface area contributed by atoms with E-state index in [1.54, 1.807) is 0 Å². The van der Waals surface area contributed by atoms with E-state index >= 15 is 0 Å². The molecule has 0 radical (unpaired) electrons. The number of fused-ring (bicyclic) bond motifs is 18. The summed E-state index contributed by atoms with van der Waals surface area (Å²) in [5.41, 5.74) is 26.8. The Morgan fingerprint density at radius 3 is 1.95 bits per heavy atom. The van der Waals surface area contributed by atoms with Crippen LogP contribution < -0.4 is 15.7 Å². The van der Waals surface area contributed by atoms with E-state index in [0.29, 0.717) is 0 Å². The highest BCUT2D eigenvalue weighted by atomic mass is 16.3. The summed E-state index contributed by atoms with van der Waals surface area (Å²) in [5, 5.41) is 4.95. The van der Waals surface area contributed by atoms with Gasteiger partial charge in [-0.05, 0) is 119 Å². The van der Waals surface area contributed by atoms with Gasteiger partial charge in [0.05, 0.1) is 11.0 Å².